The van der Waals surface area contributed by atoms with Crippen LogP contribution in [0.5, 0.6) is 0 Å². The van der Waals surface area contributed by atoms with Crippen LogP contribution in [0.4, 0.5) is 11.4 Å². The predicted molar refractivity (Wildman–Crippen MR) is 77.2 cm³/mol. The monoisotopic (exact) mass is 300 g/mol. The van der Waals surface area contributed by atoms with Gasteiger partial charge in [0.1, 0.15) is 0 Å². The summed E-state index contributed by atoms with van der Waals surface area (Å²) in [4.78, 5) is 20.4. The largest absolute Gasteiger partial charge is 0.279 e. The van der Waals surface area contributed by atoms with Gasteiger partial charge in [0.15, 0.2) is 0 Å². The molecule has 1 unspecified atom stereocenters. The molecule has 0 bridgehead atoms. The van der Waals surface area contributed by atoms with Crippen LogP contribution in [-0.2, 0) is 6.42 Å². The summed E-state index contributed by atoms with van der Waals surface area (Å²) < 4.78 is 0. The number of hydrogen-bond acceptors (Lipinski definition) is 4. The lowest BCUT2D eigenvalue weighted by Crippen LogP contribution is -2.06. The van der Waals surface area contributed by atoms with Crippen molar-refractivity contribution in [2.24, 2.45) is 5.92 Å². The molecule has 0 fully saturated rings. The minimum absolute atomic E-state index is 0.0511. The highest BCUT2D eigenvalue weighted by atomic mass is 35.5. The molecule has 0 aliphatic rings. The summed E-state index contributed by atoms with van der Waals surface area (Å²) in [6.07, 6.45) is 1.88. The highest BCUT2D eigenvalue weighted by Gasteiger charge is 2.20. The SMILES string of the molecule is CC(C)CC(Cl)CCc1ccc([N+](=O)[O-])cc1[N+](=O)[O-]. The quantitative estimate of drug-likeness (QED) is 0.431. The highest BCUT2D eigenvalue weighted by Crippen LogP contribution is 2.27. The van der Waals surface area contributed by atoms with E-state index in [-0.39, 0.29) is 16.8 Å². The number of non-ortho nitro benzene ring substituents is 1. The van der Waals surface area contributed by atoms with Crippen LogP contribution in [0.15, 0.2) is 18.2 Å². The van der Waals surface area contributed by atoms with Crippen LogP contribution in [0, 0.1) is 26.1 Å². The molecule has 0 saturated carbocycles. The fourth-order valence-corrected chi connectivity index (χ4v) is 2.45. The Hall–Kier alpha value is -1.69. The van der Waals surface area contributed by atoms with E-state index in [0.717, 1.165) is 12.5 Å². The fourth-order valence-electron chi connectivity index (χ4n) is 1.99. The molecule has 0 spiro atoms. The van der Waals surface area contributed by atoms with Gasteiger partial charge >= 0.3 is 0 Å². The number of rotatable bonds is 7. The highest BCUT2D eigenvalue weighted by molar-refractivity contribution is 6.20. The second-order valence-electron chi connectivity index (χ2n) is 5.09. The Morgan fingerprint density at radius 2 is 1.85 bits per heavy atom. The molecule has 0 saturated heterocycles. The van der Waals surface area contributed by atoms with E-state index in [0.29, 0.717) is 24.3 Å². The van der Waals surface area contributed by atoms with Crippen LogP contribution in [0.1, 0.15) is 32.3 Å². The van der Waals surface area contributed by atoms with E-state index in [1.165, 1.54) is 12.1 Å². The first-order valence-electron chi connectivity index (χ1n) is 6.37. The number of halogens is 1. The van der Waals surface area contributed by atoms with E-state index in [2.05, 4.69) is 13.8 Å². The molecular formula is C13H17ClN2O4. The van der Waals surface area contributed by atoms with E-state index in [9.17, 15) is 20.2 Å². The van der Waals surface area contributed by atoms with Crippen molar-refractivity contribution in [2.45, 2.75) is 38.5 Å². The van der Waals surface area contributed by atoms with Crippen LogP contribution in [0.2, 0.25) is 0 Å². The molecule has 20 heavy (non-hydrogen) atoms. The zero-order valence-corrected chi connectivity index (χ0v) is 12.2. The second-order valence-corrected chi connectivity index (χ2v) is 5.71. The lowest BCUT2D eigenvalue weighted by molar-refractivity contribution is -0.394. The molecular weight excluding hydrogens is 284 g/mol. The number of nitro groups is 2. The smallest absolute Gasteiger partial charge is 0.258 e. The topological polar surface area (TPSA) is 86.3 Å². The number of hydrogen-bond donors (Lipinski definition) is 0. The summed E-state index contributed by atoms with van der Waals surface area (Å²) in [6, 6.07) is 3.73. The number of aryl methyl sites for hydroxylation is 1. The molecule has 1 aromatic rings. The average molecular weight is 301 g/mol. The molecule has 6 nitrogen and oxygen atoms in total. The van der Waals surface area contributed by atoms with Gasteiger partial charge in [-0.05, 0) is 31.2 Å². The van der Waals surface area contributed by atoms with Gasteiger partial charge in [0.25, 0.3) is 11.4 Å². The van der Waals surface area contributed by atoms with Gasteiger partial charge in [-0.1, -0.05) is 13.8 Å². The molecule has 0 N–H and O–H groups in total. The Morgan fingerprint density at radius 1 is 1.20 bits per heavy atom. The normalized spacial score (nSPS) is 12.4. The van der Waals surface area contributed by atoms with Crippen molar-refractivity contribution < 1.29 is 9.85 Å². The molecule has 110 valence electrons. The fraction of sp³-hybridized carbons (Fsp3) is 0.538. The molecule has 0 amide bonds. The number of nitrogens with zero attached hydrogens (tertiary/aromatic N) is 2. The Morgan fingerprint density at radius 3 is 2.35 bits per heavy atom. The molecule has 1 atom stereocenters. The summed E-state index contributed by atoms with van der Waals surface area (Å²) in [5.41, 5.74) is -0.00678. The van der Waals surface area contributed by atoms with Gasteiger partial charge in [-0.15, -0.1) is 11.6 Å². The maximum atomic E-state index is 11.0. The molecule has 0 heterocycles. The van der Waals surface area contributed by atoms with Crippen LogP contribution in [0.25, 0.3) is 0 Å². The standard InChI is InChI=1S/C13H17ClN2O4/c1-9(2)7-11(14)5-3-10-4-6-12(15(17)18)8-13(10)16(19)20/h4,6,8-9,11H,3,5,7H2,1-2H3. The summed E-state index contributed by atoms with van der Waals surface area (Å²) in [7, 11) is 0. The molecule has 7 heteroatoms. The van der Waals surface area contributed by atoms with E-state index in [4.69, 9.17) is 11.6 Å². The average Bonchev–Trinajstić information content (AvgIpc) is 2.35. The summed E-state index contributed by atoms with van der Waals surface area (Å²) in [5, 5.41) is 21.6. The molecule has 0 radical (unpaired) electrons. The molecule has 0 aliphatic carbocycles. The van der Waals surface area contributed by atoms with Crippen LogP contribution in [0.3, 0.4) is 0 Å². The molecule has 1 rings (SSSR count). The van der Waals surface area contributed by atoms with Crippen molar-refractivity contribution in [3.63, 3.8) is 0 Å². The Balaban J connectivity index is 2.84. The summed E-state index contributed by atoms with van der Waals surface area (Å²) in [6.45, 7) is 4.12. The van der Waals surface area contributed by atoms with Crippen molar-refractivity contribution in [1.82, 2.24) is 0 Å². The van der Waals surface area contributed by atoms with E-state index in [1.807, 2.05) is 0 Å². The maximum Gasteiger partial charge on any atom is 0.279 e. The number of alkyl halides is 1. The summed E-state index contributed by atoms with van der Waals surface area (Å²) >= 11 is 6.16. The zero-order valence-electron chi connectivity index (χ0n) is 11.4. The van der Waals surface area contributed by atoms with Gasteiger partial charge in [0, 0.05) is 17.0 Å². The van der Waals surface area contributed by atoms with Crippen molar-refractivity contribution in [3.8, 4) is 0 Å². The van der Waals surface area contributed by atoms with Gasteiger partial charge in [-0.2, -0.15) is 0 Å². The number of benzene rings is 1. The van der Waals surface area contributed by atoms with Crippen molar-refractivity contribution >= 4 is 23.0 Å². The lowest BCUT2D eigenvalue weighted by atomic mass is 10.0. The minimum atomic E-state index is -0.639. The lowest BCUT2D eigenvalue weighted by Gasteiger charge is -2.11. The third kappa shape index (κ3) is 4.77. The van der Waals surface area contributed by atoms with Crippen molar-refractivity contribution in [3.05, 3.63) is 44.0 Å². The van der Waals surface area contributed by atoms with Crippen LogP contribution < -0.4 is 0 Å². The Labute approximate surface area is 122 Å². The van der Waals surface area contributed by atoms with Gasteiger partial charge in [-0.25, -0.2) is 0 Å². The van der Waals surface area contributed by atoms with Crippen molar-refractivity contribution in [2.75, 3.05) is 0 Å². The third-order valence-electron chi connectivity index (χ3n) is 2.93. The van der Waals surface area contributed by atoms with Crippen molar-refractivity contribution in [1.29, 1.82) is 0 Å². The van der Waals surface area contributed by atoms with E-state index >= 15 is 0 Å². The second kappa shape index (κ2) is 7.19. The number of nitro benzene ring substituents is 2. The minimum Gasteiger partial charge on any atom is -0.258 e. The van der Waals surface area contributed by atoms with Gasteiger partial charge in [0.2, 0.25) is 0 Å². The van der Waals surface area contributed by atoms with Gasteiger partial charge in [-0.3, -0.25) is 20.2 Å². The van der Waals surface area contributed by atoms with E-state index < -0.39 is 9.85 Å². The Kier molecular flexibility index (Phi) is 5.88. The predicted octanol–water partition coefficient (Wildman–Crippen LogP) is 4.09. The van der Waals surface area contributed by atoms with E-state index in [1.54, 1.807) is 0 Å². The molecule has 0 aromatic heterocycles. The third-order valence-corrected chi connectivity index (χ3v) is 3.33. The maximum absolute atomic E-state index is 11.0. The first-order chi connectivity index (χ1) is 9.31. The van der Waals surface area contributed by atoms with Gasteiger partial charge in [0.05, 0.1) is 15.9 Å². The summed E-state index contributed by atoms with van der Waals surface area (Å²) in [5.74, 6) is 0.462. The van der Waals surface area contributed by atoms with Gasteiger partial charge < -0.3 is 0 Å². The van der Waals surface area contributed by atoms with Crippen LogP contribution in [-0.4, -0.2) is 15.2 Å². The first kappa shape index (κ1) is 16.4. The van der Waals surface area contributed by atoms with Crippen LogP contribution >= 0.6 is 11.6 Å². The molecule has 0 aliphatic heterocycles. The zero-order chi connectivity index (χ0) is 15.3. The Bertz CT molecular complexity index is 505. The first-order valence-corrected chi connectivity index (χ1v) is 6.80. The molecule has 1 aromatic carbocycles.